The number of nitrogens with one attached hydrogen (secondary N) is 1. The van der Waals surface area contributed by atoms with Gasteiger partial charge in [-0.25, -0.2) is 4.79 Å². The van der Waals surface area contributed by atoms with Gasteiger partial charge in [0.2, 0.25) is 0 Å². The molecule has 0 heterocycles. The van der Waals surface area contributed by atoms with Crippen molar-refractivity contribution in [1.82, 2.24) is 5.32 Å². The van der Waals surface area contributed by atoms with E-state index in [0.29, 0.717) is 11.8 Å². The predicted molar refractivity (Wildman–Crippen MR) is 88.9 cm³/mol. The van der Waals surface area contributed by atoms with E-state index in [1.165, 1.54) is 0 Å². The monoisotopic (exact) mass is 323 g/mol. The zero-order valence-corrected chi connectivity index (χ0v) is 14.8. The summed E-state index contributed by atoms with van der Waals surface area (Å²) in [6, 6.07) is 7.52. The Morgan fingerprint density at radius 2 is 1.86 bits per heavy atom. The van der Waals surface area contributed by atoms with Crippen molar-refractivity contribution in [3.63, 3.8) is 0 Å². The van der Waals surface area contributed by atoms with E-state index in [4.69, 9.17) is 4.74 Å². The summed E-state index contributed by atoms with van der Waals surface area (Å²) in [6.07, 6.45) is 0.592. The predicted octanol–water partition coefficient (Wildman–Crippen LogP) is 2.08. The Labute approximate surface area is 133 Å². The number of carboxylic acid groups (broad SMARTS) is 1. The highest BCUT2D eigenvalue weighted by atomic mass is 28.3. The lowest BCUT2D eigenvalue weighted by atomic mass is 10.2. The van der Waals surface area contributed by atoms with E-state index in [1.54, 1.807) is 30.3 Å². The van der Waals surface area contributed by atoms with Crippen molar-refractivity contribution in [2.45, 2.75) is 38.4 Å². The zero-order chi connectivity index (χ0) is 16.8. The quantitative estimate of drug-likeness (QED) is 0.753. The molecule has 0 aliphatic rings. The second kappa shape index (κ2) is 8.10. The van der Waals surface area contributed by atoms with Crippen LogP contribution in [0, 0.1) is 0 Å². The van der Waals surface area contributed by atoms with Gasteiger partial charge >= 0.3 is 5.97 Å². The fourth-order valence-corrected chi connectivity index (χ4v) is 2.61. The van der Waals surface area contributed by atoms with E-state index in [-0.39, 0.29) is 11.6 Å². The third-order valence-electron chi connectivity index (χ3n) is 3.77. The number of rotatable bonds is 7. The maximum Gasteiger partial charge on any atom is 0.328 e. The molecule has 0 saturated heterocycles. The minimum absolute atomic E-state index is 0.0126. The lowest BCUT2D eigenvalue weighted by molar-refractivity contribution is -0.140. The van der Waals surface area contributed by atoms with Gasteiger partial charge in [0.1, 0.15) is 0 Å². The fourth-order valence-electron chi connectivity index (χ4n) is 1.62. The molecule has 1 rings (SSSR count). The second-order valence-electron chi connectivity index (χ2n) is 6.53. The van der Waals surface area contributed by atoms with Crippen LogP contribution in [0.15, 0.2) is 30.3 Å². The summed E-state index contributed by atoms with van der Waals surface area (Å²) in [6.45, 7) is 8.68. The van der Waals surface area contributed by atoms with Gasteiger partial charge in [0, 0.05) is 11.8 Å². The fraction of sp³-hybridized carbons (Fsp3) is 0.500. The van der Waals surface area contributed by atoms with Crippen LogP contribution in [0.25, 0.3) is 0 Å². The first-order valence-corrected chi connectivity index (χ1v) is 9.93. The first-order valence-electron chi connectivity index (χ1n) is 7.38. The Balaban J connectivity index is 2.53. The number of hydrogen-bond donors (Lipinski definition) is 2. The Kier molecular flexibility index (Phi) is 6.77. The molecule has 1 aromatic carbocycles. The molecular formula is C16H25NO4Si. The Bertz CT molecular complexity index is 499. The van der Waals surface area contributed by atoms with Gasteiger partial charge in [-0.05, 0) is 17.2 Å². The largest absolute Gasteiger partial charge is 0.480 e. The van der Waals surface area contributed by atoms with E-state index < -0.39 is 26.7 Å². The van der Waals surface area contributed by atoms with E-state index >= 15 is 0 Å². The maximum absolute atomic E-state index is 12.0. The van der Waals surface area contributed by atoms with Gasteiger partial charge in [0.05, 0.1) is 15.4 Å². The van der Waals surface area contributed by atoms with Crippen LogP contribution in [0.4, 0.5) is 0 Å². The number of aliphatic carboxylic acids is 1. The lowest BCUT2D eigenvalue weighted by Crippen LogP contribution is -2.44. The molecule has 1 unspecified atom stereocenters. The van der Waals surface area contributed by atoms with Crippen LogP contribution in [-0.2, 0) is 9.53 Å². The number of carboxylic acids is 1. The van der Waals surface area contributed by atoms with Crippen molar-refractivity contribution in [3.8, 4) is 0 Å². The van der Waals surface area contributed by atoms with Gasteiger partial charge < -0.3 is 15.2 Å². The number of carbonyl (C=O) groups is 2. The summed E-state index contributed by atoms with van der Waals surface area (Å²) in [7, 11) is -1.10. The molecule has 22 heavy (non-hydrogen) atoms. The average Bonchev–Trinajstić information content (AvgIpc) is 2.45. The molecule has 6 heteroatoms. The van der Waals surface area contributed by atoms with Crippen LogP contribution < -0.4 is 5.32 Å². The molecule has 1 aromatic rings. The highest BCUT2D eigenvalue weighted by Crippen LogP contribution is 2.26. The second-order valence-corrected chi connectivity index (χ2v) is 10.4. The number of carbonyl (C=O) groups excluding carboxylic acids is 1. The average molecular weight is 323 g/mol. The molecule has 5 nitrogen and oxygen atoms in total. The van der Waals surface area contributed by atoms with Gasteiger partial charge in [0.15, 0.2) is 6.04 Å². The van der Waals surface area contributed by atoms with Crippen LogP contribution >= 0.6 is 0 Å². The van der Waals surface area contributed by atoms with Gasteiger partial charge in [0.25, 0.3) is 5.91 Å². The molecule has 0 radical (unpaired) electrons. The summed E-state index contributed by atoms with van der Waals surface area (Å²) in [4.78, 5) is 23.3. The molecule has 0 bridgehead atoms. The first kappa shape index (κ1) is 18.4. The smallest absolute Gasteiger partial charge is 0.328 e. The normalized spacial score (nSPS) is 14.2. The van der Waals surface area contributed by atoms with Crippen LogP contribution in [0.5, 0.6) is 0 Å². The molecule has 0 aromatic heterocycles. The molecule has 0 saturated carbocycles. The summed E-state index contributed by atoms with van der Waals surface area (Å²) < 4.78 is 5.55. The van der Waals surface area contributed by atoms with Gasteiger partial charge in [-0.1, -0.05) is 45.5 Å². The molecule has 0 aliphatic heterocycles. The highest BCUT2D eigenvalue weighted by Gasteiger charge is 2.24. The highest BCUT2D eigenvalue weighted by molar-refractivity contribution is 6.60. The molecule has 0 aliphatic carbocycles. The van der Waals surface area contributed by atoms with Crippen molar-refractivity contribution in [2.24, 2.45) is 0 Å². The van der Waals surface area contributed by atoms with Gasteiger partial charge in [-0.15, -0.1) is 0 Å². The summed E-state index contributed by atoms with van der Waals surface area (Å²) in [5.74, 6) is -1.49. The molecule has 2 atom stereocenters. The standard InChI is InChI=1S/C16H25NO4Si/c1-16(2,3)22(4)11-21-10-13(15(19)20)17-14(18)12-8-6-5-7-9-12/h5-9,13,22H,10-11H2,1-4H3,(H,17,18)(H,19,20)/t13-,22?/m0/s1. The third kappa shape index (κ3) is 5.99. The molecule has 1 amide bonds. The summed E-state index contributed by atoms with van der Waals surface area (Å²) in [5.41, 5.74) is 0.436. The Morgan fingerprint density at radius 3 is 2.36 bits per heavy atom. The SMILES string of the molecule is C[SiH](COC[C@H](NC(=O)c1ccccc1)C(=O)O)C(C)(C)C. The topological polar surface area (TPSA) is 75.6 Å². The molecule has 0 fully saturated rings. The number of hydrogen-bond acceptors (Lipinski definition) is 3. The lowest BCUT2D eigenvalue weighted by Gasteiger charge is -2.26. The zero-order valence-electron chi connectivity index (χ0n) is 13.6. The van der Waals surface area contributed by atoms with E-state index in [1.807, 2.05) is 0 Å². The molecular weight excluding hydrogens is 298 g/mol. The maximum atomic E-state index is 12.0. The Morgan fingerprint density at radius 1 is 1.27 bits per heavy atom. The Hall–Kier alpha value is -1.66. The molecule has 2 N–H and O–H groups in total. The summed E-state index contributed by atoms with van der Waals surface area (Å²) >= 11 is 0. The van der Waals surface area contributed by atoms with Gasteiger partial charge in [-0.2, -0.15) is 0 Å². The minimum atomic E-state index is -1.10. The van der Waals surface area contributed by atoms with E-state index in [0.717, 1.165) is 0 Å². The van der Waals surface area contributed by atoms with Crippen molar-refractivity contribution in [2.75, 3.05) is 12.8 Å². The minimum Gasteiger partial charge on any atom is -0.480 e. The number of ether oxygens (including phenoxy) is 1. The van der Waals surface area contributed by atoms with Crippen molar-refractivity contribution in [1.29, 1.82) is 0 Å². The van der Waals surface area contributed by atoms with Crippen LogP contribution in [-0.4, -0.2) is 44.7 Å². The van der Waals surface area contributed by atoms with Gasteiger partial charge in [-0.3, -0.25) is 4.79 Å². The van der Waals surface area contributed by atoms with Crippen LogP contribution in [0.1, 0.15) is 31.1 Å². The van der Waals surface area contributed by atoms with Crippen molar-refractivity contribution >= 4 is 20.7 Å². The van der Waals surface area contributed by atoms with Crippen LogP contribution in [0.3, 0.4) is 0 Å². The first-order chi connectivity index (χ1) is 10.2. The third-order valence-corrected chi connectivity index (χ3v) is 7.46. The molecule has 0 spiro atoms. The van der Waals surface area contributed by atoms with Crippen LogP contribution in [0.2, 0.25) is 11.6 Å². The van der Waals surface area contributed by atoms with Crippen molar-refractivity contribution < 1.29 is 19.4 Å². The van der Waals surface area contributed by atoms with E-state index in [2.05, 4.69) is 32.6 Å². The van der Waals surface area contributed by atoms with Crippen molar-refractivity contribution in [3.05, 3.63) is 35.9 Å². The van der Waals surface area contributed by atoms with E-state index in [9.17, 15) is 14.7 Å². The summed E-state index contributed by atoms with van der Waals surface area (Å²) in [5, 5.41) is 11.9. The molecule has 122 valence electrons. The number of benzene rings is 1. The number of amides is 1.